The molecule has 122 valence electrons. The van der Waals surface area contributed by atoms with E-state index in [1.54, 1.807) is 29.8 Å². The van der Waals surface area contributed by atoms with Gasteiger partial charge in [0.2, 0.25) is 0 Å². The minimum Gasteiger partial charge on any atom is -0.463 e. The van der Waals surface area contributed by atoms with Crippen LogP contribution in [0.25, 0.3) is 0 Å². The van der Waals surface area contributed by atoms with Gasteiger partial charge in [-0.3, -0.25) is 4.90 Å². The average molecular weight is 332 g/mol. The Labute approximate surface area is 139 Å². The minimum atomic E-state index is 0.243. The highest BCUT2D eigenvalue weighted by Crippen LogP contribution is 2.35. The first kappa shape index (κ1) is 15.0. The van der Waals surface area contributed by atoms with Gasteiger partial charge in [0, 0.05) is 42.5 Å². The Hall–Kier alpha value is -1.57. The predicted octanol–water partition coefficient (Wildman–Crippen LogP) is 1.99. The third kappa shape index (κ3) is 3.36. The SMILES string of the molecule is c1cnc(OC[C@@H]2CC[C@H]3[C@H]2OCCN3Cc2nccs2)nc1. The lowest BCUT2D eigenvalue weighted by molar-refractivity contribution is -0.0819. The van der Waals surface area contributed by atoms with E-state index in [-0.39, 0.29) is 6.10 Å². The summed E-state index contributed by atoms with van der Waals surface area (Å²) in [5, 5.41) is 3.22. The first-order chi connectivity index (χ1) is 11.4. The first-order valence-corrected chi connectivity index (χ1v) is 8.92. The van der Waals surface area contributed by atoms with E-state index in [0.29, 0.717) is 24.6 Å². The quantitative estimate of drug-likeness (QED) is 0.834. The second kappa shape index (κ2) is 6.90. The van der Waals surface area contributed by atoms with Crippen LogP contribution < -0.4 is 4.74 Å². The van der Waals surface area contributed by atoms with Gasteiger partial charge in [0.05, 0.1) is 25.9 Å². The maximum atomic E-state index is 6.07. The molecule has 3 heterocycles. The smallest absolute Gasteiger partial charge is 0.316 e. The van der Waals surface area contributed by atoms with Crippen molar-refractivity contribution in [2.75, 3.05) is 19.8 Å². The van der Waals surface area contributed by atoms with Crippen LogP contribution in [0.2, 0.25) is 0 Å². The lowest BCUT2D eigenvalue weighted by Crippen LogP contribution is -2.50. The fourth-order valence-corrected chi connectivity index (χ4v) is 4.20. The van der Waals surface area contributed by atoms with Crippen LogP contribution in [0, 0.1) is 5.92 Å². The molecule has 0 radical (unpaired) electrons. The van der Waals surface area contributed by atoms with Crippen LogP contribution in [0.4, 0.5) is 0 Å². The van der Waals surface area contributed by atoms with E-state index >= 15 is 0 Å². The highest BCUT2D eigenvalue weighted by atomic mass is 32.1. The monoisotopic (exact) mass is 332 g/mol. The molecular formula is C16H20N4O2S. The van der Waals surface area contributed by atoms with E-state index in [9.17, 15) is 0 Å². The zero-order chi connectivity index (χ0) is 15.5. The molecular weight excluding hydrogens is 312 g/mol. The summed E-state index contributed by atoms with van der Waals surface area (Å²) < 4.78 is 11.8. The number of thiazole rings is 1. The number of morpholine rings is 1. The molecule has 0 N–H and O–H groups in total. The molecule has 7 heteroatoms. The summed E-state index contributed by atoms with van der Waals surface area (Å²) in [6.45, 7) is 3.31. The van der Waals surface area contributed by atoms with Gasteiger partial charge in [0.25, 0.3) is 0 Å². The fraction of sp³-hybridized carbons (Fsp3) is 0.562. The summed E-state index contributed by atoms with van der Waals surface area (Å²) in [5.74, 6) is 0.405. The number of fused-ring (bicyclic) bond motifs is 1. The largest absolute Gasteiger partial charge is 0.463 e. The summed E-state index contributed by atoms with van der Waals surface area (Å²) >= 11 is 1.72. The van der Waals surface area contributed by atoms with E-state index in [1.165, 1.54) is 5.01 Å². The van der Waals surface area contributed by atoms with Gasteiger partial charge in [0.15, 0.2) is 0 Å². The van der Waals surface area contributed by atoms with E-state index in [2.05, 4.69) is 19.9 Å². The highest BCUT2D eigenvalue weighted by molar-refractivity contribution is 7.09. The van der Waals surface area contributed by atoms with Crippen LogP contribution in [0.15, 0.2) is 30.0 Å². The molecule has 0 aromatic carbocycles. The van der Waals surface area contributed by atoms with Crippen molar-refractivity contribution in [3.63, 3.8) is 0 Å². The molecule has 23 heavy (non-hydrogen) atoms. The predicted molar refractivity (Wildman–Crippen MR) is 86.3 cm³/mol. The van der Waals surface area contributed by atoms with E-state index in [4.69, 9.17) is 9.47 Å². The van der Waals surface area contributed by atoms with Gasteiger partial charge in [-0.1, -0.05) is 0 Å². The third-order valence-electron chi connectivity index (χ3n) is 4.63. The number of ether oxygens (including phenoxy) is 2. The van der Waals surface area contributed by atoms with E-state index < -0.39 is 0 Å². The Morgan fingerprint density at radius 2 is 2.13 bits per heavy atom. The van der Waals surface area contributed by atoms with E-state index in [1.807, 2.05) is 11.6 Å². The maximum Gasteiger partial charge on any atom is 0.316 e. The van der Waals surface area contributed by atoms with Crippen LogP contribution >= 0.6 is 11.3 Å². The Balaban J connectivity index is 1.37. The van der Waals surface area contributed by atoms with Crippen LogP contribution in [0.3, 0.4) is 0 Å². The molecule has 3 atom stereocenters. The highest BCUT2D eigenvalue weighted by Gasteiger charge is 2.43. The van der Waals surface area contributed by atoms with Crippen molar-refractivity contribution < 1.29 is 9.47 Å². The molecule has 2 fully saturated rings. The Kier molecular flexibility index (Phi) is 4.50. The Morgan fingerprint density at radius 1 is 1.22 bits per heavy atom. The lowest BCUT2D eigenvalue weighted by Gasteiger charge is -2.38. The van der Waals surface area contributed by atoms with Crippen LogP contribution in [-0.4, -0.2) is 51.8 Å². The Morgan fingerprint density at radius 3 is 2.96 bits per heavy atom. The van der Waals surface area contributed by atoms with Crippen molar-refractivity contribution in [1.29, 1.82) is 0 Å². The number of hydrogen-bond donors (Lipinski definition) is 0. The Bertz CT molecular complexity index is 610. The molecule has 0 amide bonds. The number of rotatable bonds is 5. The molecule has 1 saturated heterocycles. The van der Waals surface area contributed by atoms with E-state index in [0.717, 1.165) is 32.5 Å². The molecule has 0 unspecified atom stereocenters. The standard InChI is InChI=1S/C16H20N4O2S/c1-4-18-16(19-5-1)22-11-12-2-3-13-15(12)21-8-7-20(13)10-14-17-6-9-23-14/h1,4-6,9,12-13,15H,2-3,7-8,10-11H2/t12-,13-,15-/m0/s1. The molecule has 1 aliphatic heterocycles. The first-order valence-electron chi connectivity index (χ1n) is 8.04. The van der Waals surface area contributed by atoms with Gasteiger partial charge in [0.1, 0.15) is 5.01 Å². The van der Waals surface area contributed by atoms with Crippen molar-refractivity contribution >= 4 is 11.3 Å². The van der Waals surface area contributed by atoms with Gasteiger partial charge in [-0.2, -0.15) is 0 Å². The molecule has 2 aromatic rings. The van der Waals surface area contributed by atoms with Crippen molar-refractivity contribution in [2.24, 2.45) is 5.92 Å². The number of hydrogen-bond acceptors (Lipinski definition) is 7. The maximum absolute atomic E-state index is 6.07. The normalized spacial score (nSPS) is 27.7. The van der Waals surface area contributed by atoms with Crippen molar-refractivity contribution in [2.45, 2.75) is 31.5 Å². The van der Waals surface area contributed by atoms with Crippen LogP contribution in [-0.2, 0) is 11.3 Å². The zero-order valence-electron chi connectivity index (χ0n) is 12.9. The summed E-state index contributed by atoms with van der Waals surface area (Å²) in [6.07, 6.45) is 7.80. The zero-order valence-corrected chi connectivity index (χ0v) is 13.7. The van der Waals surface area contributed by atoms with Gasteiger partial charge in [-0.05, 0) is 18.9 Å². The minimum absolute atomic E-state index is 0.243. The van der Waals surface area contributed by atoms with Gasteiger partial charge < -0.3 is 9.47 Å². The second-order valence-corrected chi connectivity index (χ2v) is 6.96. The molecule has 1 aliphatic carbocycles. The molecule has 6 nitrogen and oxygen atoms in total. The molecule has 1 saturated carbocycles. The summed E-state index contributed by atoms with van der Waals surface area (Å²) in [7, 11) is 0. The van der Waals surface area contributed by atoms with Gasteiger partial charge in [-0.15, -0.1) is 11.3 Å². The van der Waals surface area contributed by atoms with Crippen LogP contribution in [0.5, 0.6) is 6.01 Å². The molecule has 0 bridgehead atoms. The van der Waals surface area contributed by atoms with Crippen molar-refractivity contribution in [3.05, 3.63) is 35.0 Å². The van der Waals surface area contributed by atoms with Crippen LogP contribution in [0.1, 0.15) is 17.8 Å². The molecule has 4 rings (SSSR count). The molecule has 2 aliphatic rings. The average Bonchev–Trinajstić information content (AvgIpc) is 3.24. The molecule has 2 aromatic heterocycles. The summed E-state index contributed by atoms with van der Waals surface area (Å²) in [6, 6.07) is 2.71. The van der Waals surface area contributed by atoms with Crippen molar-refractivity contribution in [3.8, 4) is 6.01 Å². The number of nitrogens with zero attached hydrogens (tertiary/aromatic N) is 4. The summed E-state index contributed by atoms with van der Waals surface area (Å²) in [5.41, 5.74) is 0. The van der Waals surface area contributed by atoms with Gasteiger partial charge >= 0.3 is 6.01 Å². The second-order valence-electron chi connectivity index (χ2n) is 5.98. The molecule has 0 spiro atoms. The lowest BCUT2D eigenvalue weighted by atomic mass is 10.0. The number of aromatic nitrogens is 3. The fourth-order valence-electron chi connectivity index (χ4n) is 3.56. The third-order valence-corrected chi connectivity index (χ3v) is 5.39. The topological polar surface area (TPSA) is 60.4 Å². The van der Waals surface area contributed by atoms with Gasteiger partial charge in [-0.25, -0.2) is 15.0 Å². The summed E-state index contributed by atoms with van der Waals surface area (Å²) in [4.78, 5) is 15.2. The van der Waals surface area contributed by atoms with Crippen molar-refractivity contribution in [1.82, 2.24) is 19.9 Å².